The molecule has 0 bridgehead atoms. The van der Waals surface area contributed by atoms with Crippen LogP contribution in [-0.4, -0.2) is 41.3 Å². The number of halogens is 4. The Labute approximate surface area is 209 Å². The first-order valence-electron chi connectivity index (χ1n) is 11.2. The maximum atomic E-state index is 13.2. The molecule has 0 unspecified atom stereocenters. The van der Waals surface area contributed by atoms with Crippen LogP contribution in [0, 0.1) is 0 Å². The van der Waals surface area contributed by atoms with Crippen molar-refractivity contribution in [3.05, 3.63) is 100 Å². The molecule has 0 saturated carbocycles. The monoisotopic (exact) mass is 542 g/mol. The number of piperazine rings is 1. The van der Waals surface area contributed by atoms with Crippen LogP contribution >= 0.6 is 15.9 Å². The minimum atomic E-state index is -4.36. The Bertz CT molecular complexity index is 1270. The van der Waals surface area contributed by atoms with Gasteiger partial charge in [0, 0.05) is 41.9 Å². The van der Waals surface area contributed by atoms with Gasteiger partial charge in [0.2, 0.25) is 11.8 Å². The molecule has 5 nitrogen and oxygen atoms in total. The molecule has 0 N–H and O–H groups in total. The van der Waals surface area contributed by atoms with Crippen molar-refractivity contribution in [2.45, 2.75) is 12.2 Å². The lowest BCUT2D eigenvalue weighted by molar-refractivity contribution is -0.137. The summed E-state index contributed by atoms with van der Waals surface area (Å²) in [6.07, 6.45) is -4.36. The fourth-order valence-electron chi connectivity index (χ4n) is 4.31. The quantitative estimate of drug-likeness (QED) is 0.291. The van der Waals surface area contributed by atoms with Gasteiger partial charge < -0.3 is 9.32 Å². The fourth-order valence-corrected chi connectivity index (χ4v) is 4.58. The van der Waals surface area contributed by atoms with E-state index in [4.69, 9.17) is 4.42 Å². The number of nitrogens with zero attached hydrogens (tertiary/aromatic N) is 4. The molecule has 180 valence electrons. The SMILES string of the molecule is FC(F)(F)c1cccc(N2CCN([C@@H](c3ccc(Br)cc3)c3nnc(-c4ccccc4)o3)CC2)c1. The first-order valence-corrected chi connectivity index (χ1v) is 12.0. The molecule has 0 radical (unpaired) electrons. The lowest BCUT2D eigenvalue weighted by Gasteiger charge is -2.39. The molecule has 1 fully saturated rings. The first kappa shape index (κ1) is 23.6. The predicted octanol–water partition coefficient (Wildman–Crippen LogP) is 6.43. The molecule has 1 aromatic heterocycles. The minimum Gasteiger partial charge on any atom is -0.419 e. The summed E-state index contributed by atoms with van der Waals surface area (Å²) in [5.41, 5.74) is 1.78. The van der Waals surface area contributed by atoms with Gasteiger partial charge in [-0.15, -0.1) is 10.2 Å². The summed E-state index contributed by atoms with van der Waals surface area (Å²) in [5, 5.41) is 8.64. The molecule has 1 aliphatic rings. The van der Waals surface area contributed by atoms with Crippen LogP contribution in [0.1, 0.15) is 23.1 Å². The topological polar surface area (TPSA) is 45.4 Å². The Balaban J connectivity index is 1.39. The van der Waals surface area contributed by atoms with Gasteiger partial charge in [-0.3, -0.25) is 4.90 Å². The van der Waals surface area contributed by atoms with Gasteiger partial charge >= 0.3 is 6.18 Å². The molecule has 0 aliphatic carbocycles. The average molecular weight is 543 g/mol. The second-order valence-electron chi connectivity index (χ2n) is 8.34. The van der Waals surface area contributed by atoms with Crippen LogP contribution < -0.4 is 4.90 Å². The van der Waals surface area contributed by atoms with Gasteiger partial charge in [-0.2, -0.15) is 13.2 Å². The van der Waals surface area contributed by atoms with E-state index in [1.165, 1.54) is 12.1 Å². The van der Waals surface area contributed by atoms with Crippen molar-refractivity contribution in [3.8, 4) is 11.5 Å². The number of rotatable bonds is 5. The Morgan fingerprint density at radius 3 is 2.23 bits per heavy atom. The van der Waals surface area contributed by atoms with Crippen molar-refractivity contribution >= 4 is 21.6 Å². The summed E-state index contributed by atoms with van der Waals surface area (Å²) >= 11 is 3.48. The standard InChI is InChI=1S/C26H22BrF3N4O/c27-21-11-9-18(10-12-21)23(25-32-31-24(35-25)19-5-2-1-3-6-19)34-15-13-33(14-16-34)22-8-4-7-20(17-22)26(28,29)30/h1-12,17,23H,13-16H2/t23-/m0/s1. The third-order valence-corrected chi connectivity index (χ3v) is 6.63. The van der Waals surface area contributed by atoms with Crippen molar-refractivity contribution in [1.82, 2.24) is 15.1 Å². The summed E-state index contributed by atoms with van der Waals surface area (Å²) < 4.78 is 46.6. The molecule has 2 heterocycles. The summed E-state index contributed by atoms with van der Waals surface area (Å²) in [6, 6.07) is 22.8. The van der Waals surface area contributed by atoms with E-state index in [0.29, 0.717) is 43.6 Å². The minimum absolute atomic E-state index is 0.267. The summed E-state index contributed by atoms with van der Waals surface area (Å²) in [7, 11) is 0. The smallest absolute Gasteiger partial charge is 0.416 e. The summed E-state index contributed by atoms with van der Waals surface area (Å²) in [4.78, 5) is 4.21. The van der Waals surface area contributed by atoms with E-state index in [9.17, 15) is 13.2 Å². The molecule has 5 rings (SSSR count). The number of hydrogen-bond acceptors (Lipinski definition) is 5. The van der Waals surface area contributed by atoms with Gasteiger partial charge in [0.25, 0.3) is 0 Å². The number of anilines is 1. The van der Waals surface area contributed by atoms with E-state index in [1.54, 1.807) is 6.07 Å². The van der Waals surface area contributed by atoms with Crippen molar-refractivity contribution in [2.24, 2.45) is 0 Å². The van der Waals surface area contributed by atoms with E-state index in [1.807, 2.05) is 59.5 Å². The third-order valence-electron chi connectivity index (χ3n) is 6.10. The van der Waals surface area contributed by atoms with E-state index < -0.39 is 11.7 Å². The highest BCUT2D eigenvalue weighted by atomic mass is 79.9. The van der Waals surface area contributed by atoms with Crippen LogP contribution in [0.5, 0.6) is 0 Å². The van der Waals surface area contributed by atoms with Gasteiger partial charge in [0.1, 0.15) is 6.04 Å². The molecule has 0 spiro atoms. The predicted molar refractivity (Wildman–Crippen MR) is 131 cm³/mol. The highest BCUT2D eigenvalue weighted by Crippen LogP contribution is 2.34. The molecule has 1 aliphatic heterocycles. The van der Waals surface area contributed by atoms with Gasteiger partial charge in [0.15, 0.2) is 0 Å². The molecule has 0 amide bonds. The van der Waals surface area contributed by atoms with E-state index in [0.717, 1.165) is 21.7 Å². The van der Waals surface area contributed by atoms with E-state index in [2.05, 4.69) is 31.0 Å². The average Bonchev–Trinajstić information content (AvgIpc) is 3.36. The molecule has 1 atom stereocenters. The van der Waals surface area contributed by atoms with Crippen LogP contribution in [0.25, 0.3) is 11.5 Å². The zero-order valence-corrected chi connectivity index (χ0v) is 20.2. The van der Waals surface area contributed by atoms with Crippen molar-refractivity contribution in [2.75, 3.05) is 31.1 Å². The molecule has 3 aromatic carbocycles. The van der Waals surface area contributed by atoms with Gasteiger partial charge in [0.05, 0.1) is 5.56 Å². The Morgan fingerprint density at radius 1 is 0.829 bits per heavy atom. The molecule has 4 aromatic rings. The summed E-state index contributed by atoms with van der Waals surface area (Å²) in [5.74, 6) is 0.934. The molecule has 35 heavy (non-hydrogen) atoms. The van der Waals surface area contributed by atoms with Crippen LogP contribution in [0.2, 0.25) is 0 Å². The number of hydrogen-bond donors (Lipinski definition) is 0. The van der Waals surface area contributed by atoms with Gasteiger partial charge in [-0.1, -0.05) is 52.3 Å². The molecule has 9 heteroatoms. The largest absolute Gasteiger partial charge is 0.419 e. The molecular formula is C26H22BrF3N4O. The van der Waals surface area contributed by atoms with Crippen LogP contribution in [0.15, 0.2) is 87.8 Å². The molecular weight excluding hydrogens is 521 g/mol. The van der Waals surface area contributed by atoms with E-state index >= 15 is 0 Å². The second-order valence-corrected chi connectivity index (χ2v) is 9.25. The fraction of sp³-hybridized carbons (Fsp3) is 0.231. The second kappa shape index (κ2) is 9.83. The highest BCUT2D eigenvalue weighted by molar-refractivity contribution is 9.10. The van der Waals surface area contributed by atoms with Gasteiger partial charge in [-0.25, -0.2) is 0 Å². The lowest BCUT2D eigenvalue weighted by Crippen LogP contribution is -2.48. The first-order chi connectivity index (χ1) is 16.9. The van der Waals surface area contributed by atoms with Crippen molar-refractivity contribution in [3.63, 3.8) is 0 Å². The Kier molecular flexibility index (Phi) is 6.62. The van der Waals surface area contributed by atoms with Crippen LogP contribution in [0.4, 0.5) is 18.9 Å². The zero-order chi connectivity index (χ0) is 24.4. The molecule has 1 saturated heterocycles. The van der Waals surface area contributed by atoms with Crippen LogP contribution in [-0.2, 0) is 6.18 Å². The van der Waals surface area contributed by atoms with E-state index in [-0.39, 0.29) is 6.04 Å². The number of benzene rings is 3. The van der Waals surface area contributed by atoms with Crippen LogP contribution in [0.3, 0.4) is 0 Å². The Hall–Kier alpha value is -3.17. The van der Waals surface area contributed by atoms with Gasteiger partial charge in [-0.05, 0) is 48.0 Å². The number of aromatic nitrogens is 2. The lowest BCUT2D eigenvalue weighted by atomic mass is 10.0. The highest BCUT2D eigenvalue weighted by Gasteiger charge is 2.33. The van der Waals surface area contributed by atoms with Crippen molar-refractivity contribution in [1.29, 1.82) is 0 Å². The Morgan fingerprint density at radius 2 is 1.54 bits per heavy atom. The van der Waals surface area contributed by atoms with Crippen molar-refractivity contribution < 1.29 is 17.6 Å². The third kappa shape index (κ3) is 5.26. The normalized spacial score (nSPS) is 15.8. The maximum absolute atomic E-state index is 13.2. The summed E-state index contributed by atoms with van der Waals surface area (Å²) in [6.45, 7) is 2.40. The maximum Gasteiger partial charge on any atom is 0.416 e. The number of alkyl halides is 3. The zero-order valence-electron chi connectivity index (χ0n) is 18.6.